The summed E-state index contributed by atoms with van der Waals surface area (Å²) in [4.78, 5) is 25.4. The molecule has 1 saturated carbocycles. The van der Waals surface area contributed by atoms with E-state index in [9.17, 15) is 9.59 Å². The van der Waals surface area contributed by atoms with Crippen LogP contribution >= 0.6 is 0 Å². The molecule has 1 heterocycles. The molecule has 0 atom stereocenters. The summed E-state index contributed by atoms with van der Waals surface area (Å²) in [5.41, 5.74) is 2.03. The Kier molecular flexibility index (Phi) is 4.49. The average Bonchev–Trinajstić information content (AvgIpc) is 2.51. The monoisotopic (exact) mass is 333 g/mol. The SMILES string of the molecule is Cc1cc(C(=O)N2CCOC3(CCC3)C2)cc(C)c1OCC(=O)O. The first kappa shape index (κ1) is 16.8. The van der Waals surface area contributed by atoms with Gasteiger partial charge in [-0.3, -0.25) is 4.79 Å². The fourth-order valence-electron chi connectivity index (χ4n) is 3.51. The molecule has 2 aliphatic rings. The van der Waals surface area contributed by atoms with Gasteiger partial charge in [0.1, 0.15) is 5.75 Å². The number of hydrogen-bond donors (Lipinski definition) is 1. The Labute approximate surface area is 141 Å². The Morgan fingerprint density at radius 3 is 2.50 bits per heavy atom. The second-order valence-corrected chi connectivity index (χ2v) is 6.73. The standard InChI is InChI=1S/C18H23NO5/c1-12-8-14(9-13(2)16(12)23-10-15(20)21)17(22)19-6-7-24-18(11-19)4-3-5-18/h8-9H,3-7,10-11H2,1-2H3,(H,20,21). The van der Waals surface area contributed by atoms with E-state index in [4.69, 9.17) is 14.6 Å². The van der Waals surface area contributed by atoms with Gasteiger partial charge in [0, 0.05) is 12.1 Å². The molecule has 1 spiro atoms. The molecule has 1 amide bonds. The first-order valence-corrected chi connectivity index (χ1v) is 8.29. The van der Waals surface area contributed by atoms with E-state index in [1.165, 1.54) is 0 Å². The summed E-state index contributed by atoms with van der Waals surface area (Å²) in [5, 5.41) is 8.75. The van der Waals surface area contributed by atoms with Gasteiger partial charge in [0.15, 0.2) is 6.61 Å². The number of aliphatic carboxylic acids is 1. The first-order chi connectivity index (χ1) is 11.4. The lowest BCUT2D eigenvalue weighted by molar-refractivity contribution is -0.142. The van der Waals surface area contributed by atoms with E-state index in [2.05, 4.69) is 0 Å². The Balaban J connectivity index is 1.76. The lowest BCUT2D eigenvalue weighted by Gasteiger charge is -2.48. The number of rotatable bonds is 4. The van der Waals surface area contributed by atoms with Crippen LogP contribution in [0.15, 0.2) is 12.1 Å². The van der Waals surface area contributed by atoms with Gasteiger partial charge < -0.3 is 19.5 Å². The Bertz CT molecular complexity index is 642. The number of carbonyl (C=O) groups excluding carboxylic acids is 1. The van der Waals surface area contributed by atoms with Gasteiger partial charge in [-0.25, -0.2) is 4.79 Å². The van der Waals surface area contributed by atoms with Crippen molar-refractivity contribution in [2.45, 2.75) is 38.7 Å². The summed E-state index contributed by atoms with van der Waals surface area (Å²) < 4.78 is 11.2. The van der Waals surface area contributed by atoms with Crippen LogP contribution in [0.3, 0.4) is 0 Å². The number of benzene rings is 1. The summed E-state index contributed by atoms with van der Waals surface area (Å²) in [5.74, 6) is -0.486. The molecule has 1 aromatic rings. The number of aryl methyl sites for hydroxylation is 2. The second-order valence-electron chi connectivity index (χ2n) is 6.73. The van der Waals surface area contributed by atoms with Gasteiger partial charge in [-0.15, -0.1) is 0 Å². The van der Waals surface area contributed by atoms with E-state index in [1.54, 1.807) is 12.1 Å². The molecule has 1 aliphatic heterocycles. The van der Waals surface area contributed by atoms with Crippen molar-refractivity contribution < 1.29 is 24.2 Å². The van der Waals surface area contributed by atoms with Crippen LogP contribution < -0.4 is 4.74 Å². The highest BCUT2D eigenvalue weighted by atomic mass is 16.5. The smallest absolute Gasteiger partial charge is 0.341 e. The van der Waals surface area contributed by atoms with Gasteiger partial charge in [0.25, 0.3) is 5.91 Å². The maximum absolute atomic E-state index is 12.8. The molecule has 1 aliphatic carbocycles. The lowest BCUT2D eigenvalue weighted by Crippen LogP contribution is -2.57. The predicted molar refractivity (Wildman–Crippen MR) is 87.5 cm³/mol. The van der Waals surface area contributed by atoms with E-state index in [-0.39, 0.29) is 18.1 Å². The van der Waals surface area contributed by atoms with Crippen LogP contribution in [-0.4, -0.2) is 53.8 Å². The molecule has 2 fully saturated rings. The third kappa shape index (κ3) is 3.24. The number of hydrogen-bond acceptors (Lipinski definition) is 4. The topological polar surface area (TPSA) is 76.1 Å². The third-order valence-electron chi connectivity index (χ3n) is 4.85. The summed E-state index contributed by atoms with van der Waals surface area (Å²) >= 11 is 0. The summed E-state index contributed by atoms with van der Waals surface area (Å²) in [6.45, 7) is 5.11. The number of carboxylic acid groups (broad SMARTS) is 1. The fraction of sp³-hybridized carbons (Fsp3) is 0.556. The van der Waals surface area contributed by atoms with Crippen molar-refractivity contribution in [1.29, 1.82) is 0 Å². The van der Waals surface area contributed by atoms with E-state index in [0.717, 1.165) is 30.4 Å². The maximum atomic E-state index is 12.8. The zero-order chi connectivity index (χ0) is 17.3. The zero-order valence-corrected chi connectivity index (χ0v) is 14.1. The average molecular weight is 333 g/mol. The first-order valence-electron chi connectivity index (χ1n) is 8.29. The molecule has 0 radical (unpaired) electrons. The molecule has 3 rings (SSSR count). The maximum Gasteiger partial charge on any atom is 0.341 e. The zero-order valence-electron chi connectivity index (χ0n) is 14.1. The van der Waals surface area contributed by atoms with Gasteiger partial charge in [-0.05, 0) is 56.4 Å². The number of amides is 1. The molecule has 1 aromatic carbocycles. The van der Waals surface area contributed by atoms with Crippen LogP contribution in [-0.2, 0) is 9.53 Å². The van der Waals surface area contributed by atoms with Crippen molar-refractivity contribution in [2.24, 2.45) is 0 Å². The fourth-order valence-corrected chi connectivity index (χ4v) is 3.51. The van der Waals surface area contributed by atoms with Crippen LogP contribution in [0, 0.1) is 13.8 Å². The van der Waals surface area contributed by atoms with Crippen molar-refractivity contribution in [3.63, 3.8) is 0 Å². The highest BCUT2D eigenvalue weighted by molar-refractivity contribution is 5.95. The minimum atomic E-state index is -1.02. The molecule has 6 nitrogen and oxygen atoms in total. The van der Waals surface area contributed by atoms with Crippen LogP contribution in [0.1, 0.15) is 40.7 Å². The molecule has 24 heavy (non-hydrogen) atoms. The highest BCUT2D eigenvalue weighted by Crippen LogP contribution is 2.38. The summed E-state index contributed by atoms with van der Waals surface area (Å²) in [6.07, 6.45) is 3.21. The molecule has 6 heteroatoms. The van der Waals surface area contributed by atoms with Crippen molar-refractivity contribution >= 4 is 11.9 Å². The van der Waals surface area contributed by atoms with Crippen LogP contribution in [0.4, 0.5) is 0 Å². The number of carbonyl (C=O) groups is 2. The quantitative estimate of drug-likeness (QED) is 0.914. The summed E-state index contributed by atoms with van der Waals surface area (Å²) in [7, 11) is 0. The van der Waals surface area contributed by atoms with E-state index < -0.39 is 5.97 Å². The number of carboxylic acids is 1. The molecular formula is C18H23NO5. The van der Waals surface area contributed by atoms with E-state index in [1.807, 2.05) is 18.7 Å². The molecule has 0 unspecified atom stereocenters. The number of nitrogens with zero attached hydrogens (tertiary/aromatic N) is 1. The van der Waals surface area contributed by atoms with Crippen LogP contribution in [0.5, 0.6) is 5.75 Å². The Morgan fingerprint density at radius 1 is 1.29 bits per heavy atom. The van der Waals surface area contributed by atoms with Gasteiger partial charge in [-0.2, -0.15) is 0 Å². The molecule has 1 saturated heterocycles. The van der Waals surface area contributed by atoms with Gasteiger partial charge >= 0.3 is 5.97 Å². The van der Waals surface area contributed by atoms with Crippen molar-refractivity contribution in [1.82, 2.24) is 4.90 Å². The normalized spacial score (nSPS) is 19.0. The van der Waals surface area contributed by atoms with Crippen molar-refractivity contribution in [2.75, 3.05) is 26.3 Å². The third-order valence-corrected chi connectivity index (χ3v) is 4.85. The van der Waals surface area contributed by atoms with Crippen LogP contribution in [0.2, 0.25) is 0 Å². The molecule has 0 aromatic heterocycles. The second kappa shape index (κ2) is 6.43. The molecule has 0 bridgehead atoms. The van der Waals surface area contributed by atoms with Gasteiger partial charge in [-0.1, -0.05) is 0 Å². The predicted octanol–water partition coefficient (Wildman–Crippen LogP) is 2.16. The van der Waals surface area contributed by atoms with E-state index >= 15 is 0 Å². The molecule has 130 valence electrons. The van der Waals surface area contributed by atoms with Crippen molar-refractivity contribution in [3.05, 3.63) is 28.8 Å². The van der Waals surface area contributed by atoms with Crippen LogP contribution in [0.25, 0.3) is 0 Å². The van der Waals surface area contributed by atoms with Crippen molar-refractivity contribution in [3.8, 4) is 5.75 Å². The molecule has 1 N–H and O–H groups in total. The summed E-state index contributed by atoms with van der Waals surface area (Å²) in [6, 6.07) is 3.55. The van der Waals surface area contributed by atoms with E-state index in [0.29, 0.717) is 31.0 Å². The van der Waals surface area contributed by atoms with Gasteiger partial charge in [0.2, 0.25) is 0 Å². The lowest BCUT2D eigenvalue weighted by atomic mass is 9.78. The Morgan fingerprint density at radius 2 is 1.96 bits per heavy atom. The van der Waals surface area contributed by atoms with Gasteiger partial charge in [0.05, 0.1) is 18.8 Å². The number of ether oxygens (including phenoxy) is 2. The largest absolute Gasteiger partial charge is 0.481 e. The minimum absolute atomic E-state index is 0.000518. The highest BCUT2D eigenvalue weighted by Gasteiger charge is 2.43. The Hall–Kier alpha value is -2.08. The number of morpholine rings is 1. The minimum Gasteiger partial charge on any atom is -0.481 e. The molecular weight excluding hydrogens is 310 g/mol.